The van der Waals surface area contributed by atoms with Crippen LogP contribution < -0.4 is 0 Å². The fourth-order valence-electron chi connectivity index (χ4n) is 2.57. The fourth-order valence-corrected chi connectivity index (χ4v) is 3.45. The molecule has 2 heterocycles. The Labute approximate surface area is 122 Å². The monoisotopic (exact) mass is 287 g/mol. The van der Waals surface area contributed by atoms with Gasteiger partial charge in [-0.1, -0.05) is 12.1 Å². The normalized spacial score (nSPS) is 14.2. The molecular weight excluding hydrogens is 270 g/mol. The molecule has 104 valence electrons. The Balaban J connectivity index is 1.78. The van der Waals surface area contributed by atoms with Crippen LogP contribution in [0, 0.1) is 0 Å². The van der Waals surface area contributed by atoms with Gasteiger partial charge in [-0.15, -0.1) is 11.3 Å². The molecule has 0 saturated heterocycles. The summed E-state index contributed by atoms with van der Waals surface area (Å²) in [5.41, 5.74) is 3.08. The molecule has 4 heteroatoms. The molecule has 0 fully saturated rings. The number of benzene rings is 1. The third kappa shape index (κ3) is 2.62. The van der Waals surface area contributed by atoms with Gasteiger partial charge < -0.3 is 9.64 Å². The summed E-state index contributed by atoms with van der Waals surface area (Å²) < 4.78 is 5.12. The molecule has 3 rings (SSSR count). The molecule has 1 aromatic heterocycles. The van der Waals surface area contributed by atoms with E-state index < -0.39 is 0 Å². The molecule has 0 atom stereocenters. The van der Waals surface area contributed by atoms with Gasteiger partial charge >= 0.3 is 0 Å². The zero-order valence-electron chi connectivity index (χ0n) is 11.5. The maximum atomic E-state index is 12.6. The molecule has 0 unspecified atom stereocenters. The fraction of sp³-hybridized carbons (Fsp3) is 0.312. The molecule has 1 aromatic carbocycles. The van der Waals surface area contributed by atoms with Crippen LogP contribution in [0.2, 0.25) is 0 Å². The summed E-state index contributed by atoms with van der Waals surface area (Å²) in [5.74, 6) is 0.111. The number of hydrogen-bond acceptors (Lipinski definition) is 3. The third-order valence-corrected chi connectivity index (χ3v) is 4.60. The maximum absolute atomic E-state index is 12.6. The van der Waals surface area contributed by atoms with E-state index in [-0.39, 0.29) is 5.91 Å². The number of thiophene rings is 1. The first-order valence-electron chi connectivity index (χ1n) is 6.70. The summed E-state index contributed by atoms with van der Waals surface area (Å²) in [6.07, 6.45) is 0.969. The lowest BCUT2D eigenvalue weighted by molar-refractivity contribution is 0.0735. The molecular formula is C16H17NO2S. The maximum Gasteiger partial charge on any atom is 0.254 e. The molecule has 0 radical (unpaired) electrons. The van der Waals surface area contributed by atoms with Crippen LogP contribution in [0.25, 0.3) is 0 Å². The summed E-state index contributed by atoms with van der Waals surface area (Å²) in [7, 11) is 1.66. The van der Waals surface area contributed by atoms with Crippen LogP contribution in [0.15, 0.2) is 35.7 Å². The molecule has 1 aliphatic heterocycles. The van der Waals surface area contributed by atoms with Crippen molar-refractivity contribution in [2.24, 2.45) is 0 Å². The largest absolute Gasteiger partial charge is 0.380 e. The van der Waals surface area contributed by atoms with Crippen LogP contribution in [0.3, 0.4) is 0 Å². The van der Waals surface area contributed by atoms with Gasteiger partial charge in [-0.3, -0.25) is 4.79 Å². The second-order valence-corrected chi connectivity index (χ2v) is 5.98. The van der Waals surface area contributed by atoms with Crippen molar-refractivity contribution in [1.29, 1.82) is 0 Å². The van der Waals surface area contributed by atoms with E-state index in [1.54, 1.807) is 18.4 Å². The van der Waals surface area contributed by atoms with E-state index in [1.165, 1.54) is 10.4 Å². The van der Waals surface area contributed by atoms with Crippen molar-refractivity contribution in [1.82, 2.24) is 4.90 Å². The number of nitrogens with zero attached hydrogens (tertiary/aromatic N) is 1. The number of amides is 1. The zero-order chi connectivity index (χ0) is 13.9. The summed E-state index contributed by atoms with van der Waals surface area (Å²) >= 11 is 1.79. The Kier molecular flexibility index (Phi) is 3.85. The van der Waals surface area contributed by atoms with E-state index in [0.717, 1.165) is 30.6 Å². The number of methoxy groups -OCH3 is 1. The molecule has 0 aliphatic carbocycles. The van der Waals surface area contributed by atoms with Crippen molar-refractivity contribution in [3.05, 3.63) is 57.3 Å². The van der Waals surface area contributed by atoms with Gasteiger partial charge in [-0.2, -0.15) is 0 Å². The first-order chi connectivity index (χ1) is 9.78. The highest BCUT2D eigenvalue weighted by Gasteiger charge is 2.22. The van der Waals surface area contributed by atoms with E-state index in [2.05, 4.69) is 11.4 Å². The van der Waals surface area contributed by atoms with Crippen LogP contribution in [0.4, 0.5) is 0 Å². The smallest absolute Gasteiger partial charge is 0.254 e. The second kappa shape index (κ2) is 5.77. The van der Waals surface area contributed by atoms with Crippen LogP contribution in [-0.4, -0.2) is 24.5 Å². The van der Waals surface area contributed by atoms with Crippen LogP contribution in [-0.2, 0) is 24.3 Å². The predicted octanol–water partition coefficient (Wildman–Crippen LogP) is 3.09. The minimum absolute atomic E-state index is 0.111. The van der Waals surface area contributed by atoms with Crippen LogP contribution >= 0.6 is 11.3 Å². The van der Waals surface area contributed by atoms with Gasteiger partial charge in [0.25, 0.3) is 5.91 Å². The molecule has 0 spiro atoms. The van der Waals surface area contributed by atoms with Gasteiger partial charge in [0.2, 0.25) is 0 Å². The summed E-state index contributed by atoms with van der Waals surface area (Å²) in [6, 6.07) is 9.83. The summed E-state index contributed by atoms with van der Waals surface area (Å²) in [6.45, 7) is 2.07. The first-order valence-corrected chi connectivity index (χ1v) is 7.58. The Hall–Kier alpha value is -1.65. The molecule has 1 aliphatic rings. The lowest BCUT2D eigenvalue weighted by Gasteiger charge is -2.27. The number of hydrogen-bond donors (Lipinski definition) is 0. The predicted molar refractivity (Wildman–Crippen MR) is 79.9 cm³/mol. The molecule has 2 aromatic rings. The molecule has 20 heavy (non-hydrogen) atoms. The van der Waals surface area contributed by atoms with Crippen molar-refractivity contribution >= 4 is 17.2 Å². The van der Waals surface area contributed by atoms with E-state index in [0.29, 0.717) is 6.61 Å². The SMILES string of the molecule is COCc1cccc(C(=O)N2CCc3sccc3C2)c1. The van der Waals surface area contributed by atoms with Gasteiger partial charge in [0.1, 0.15) is 0 Å². The van der Waals surface area contributed by atoms with Gasteiger partial charge in [0.15, 0.2) is 0 Å². The topological polar surface area (TPSA) is 29.5 Å². The highest BCUT2D eigenvalue weighted by Crippen LogP contribution is 2.25. The van der Waals surface area contributed by atoms with Gasteiger partial charge in [-0.25, -0.2) is 0 Å². The average molecular weight is 287 g/mol. The Morgan fingerprint density at radius 2 is 2.30 bits per heavy atom. The number of carbonyl (C=O) groups is 1. The number of ether oxygens (including phenoxy) is 1. The summed E-state index contributed by atoms with van der Waals surface area (Å²) in [4.78, 5) is 15.9. The highest BCUT2D eigenvalue weighted by molar-refractivity contribution is 7.10. The van der Waals surface area contributed by atoms with Gasteiger partial charge in [0, 0.05) is 30.6 Å². The van der Waals surface area contributed by atoms with Crippen molar-refractivity contribution < 1.29 is 9.53 Å². The Morgan fingerprint density at radius 1 is 1.40 bits per heavy atom. The van der Waals surface area contributed by atoms with Crippen molar-refractivity contribution in [2.75, 3.05) is 13.7 Å². The highest BCUT2D eigenvalue weighted by atomic mass is 32.1. The average Bonchev–Trinajstić information content (AvgIpc) is 2.94. The number of rotatable bonds is 3. The van der Waals surface area contributed by atoms with E-state index in [9.17, 15) is 4.79 Å². The number of fused-ring (bicyclic) bond motifs is 1. The van der Waals surface area contributed by atoms with Crippen molar-refractivity contribution in [3.8, 4) is 0 Å². The van der Waals surface area contributed by atoms with Gasteiger partial charge in [0.05, 0.1) is 6.61 Å². The van der Waals surface area contributed by atoms with E-state index in [1.807, 2.05) is 29.2 Å². The third-order valence-electron chi connectivity index (χ3n) is 3.58. The first kappa shape index (κ1) is 13.3. The quantitative estimate of drug-likeness (QED) is 0.868. The summed E-state index contributed by atoms with van der Waals surface area (Å²) in [5, 5.41) is 2.11. The lowest BCUT2D eigenvalue weighted by atomic mass is 10.1. The van der Waals surface area contributed by atoms with Crippen molar-refractivity contribution in [2.45, 2.75) is 19.6 Å². The molecule has 0 N–H and O–H groups in total. The molecule has 0 bridgehead atoms. The Morgan fingerprint density at radius 3 is 3.15 bits per heavy atom. The Bertz CT molecular complexity index is 620. The zero-order valence-corrected chi connectivity index (χ0v) is 12.3. The van der Waals surface area contributed by atoms with Crippen molar-refractivity contribution in [3.63, 3.8) is 0 Å². The van der Waals surface area contributed by atoms with Gasteiger partial charge in [-0.05, 0) is 41.1 Å². The lowest BCUT2D eigenvalue weighted by Crippen LogP contribution is -2.35. The van der Waals surface area contributed by atoms with E-state index in [4.69, 9.17) is 4.74 Å². The number of carbonyl (C=O) groups excluding carboxylic acids is 1. The van der Waals surface area contributed by atoms with E-state index >= 15 is 0 Å². The standard InChI is InChI=1S/C16H17NO2S/c1-19-11-12-3-2-4-13(9-12)16(18)17-7-5-15-14(10-17)6-8-20-15/h2-4,6,8-9H,5,7,10-11H2,1H3. The van der Waals surface area contributed by atoms with Crippen LogP contribution in [0.1, 0.15) is 26.4 Å². The minimum atomic E-state index is 0.111. The van der Waals surface area contributed by atoms with Crippen LogP contribution in [0.5, 0.6) is 0 Å². The molecule has 3 nitrogen and oxygen atoms in total. The minimum Gasteiger partial charge on any atom is -0.380 e. The second-order valence-electron chi connectivity index (χ2n) is 4.98. The molecule has 0 saturated carbocycles. The molecule has 1 amide bonds.